The minimum absolute atomic E-state index is 0.0804. The first-order chi connectivity index (χ1) is 14.6. The van der Waals surface area contributed by atoms with Crippen LogP contribution in [0.3, 0.4) is 0 Å². The molecule has 154 valence electrons. The number of carbonyl (C=O) groups is 1. The molecule has 0 fully saturated rings. The summed E-state index contributed by atoms with van der Waals surface area (Å²) in [7, 11) is 0. The second kappa shape index (κ2) is 9.11. The number of benzene rings is 1. The fourth-order valence-electron chi connectivity index (χ4n) is 3.07. The van der Waals surface area contributed by atoms with Gasteiger partial charge >= 0.3 is 0 Å². The maximum absolute atomic E-state index is 13.3. The molecule has 30 heavy (non-hydrogen) atoms. The lowest BCUT2D eigenvalue weighted by Gasteiger charge is -2.18. The molecule has 1 aromatic carbocycles. The van der Waals surface area contributed by atoms with Crippen LogP contribution < -0.4 is 10.9 Å². The van der Waals surface area contributed by atoms with Gasteiger partial charge in [-0.25, -0.2) is 9.37 Å². The molecule has 1 amide bonds. The van der Waals surface area contributed by atoms with Gasteiger partial charge in [0.1, 0.15) is 10.5 Å². The van der Waals surface area contributed by atoms with Gasteiger partial charge in [0.15, 0.2) is 5.16 Å². The first-order valence-electron chi connectivity index (χ1n) is 9.26. The summed E-state index contributed by atoms with van der Waals surface area (Å²) in [4.78, 5) is 30.9. The first kappa shape index (κ1) is 20.8. The molecule has 0 saturated carbocycles. The summed E-state index contributed by atoms with van der Waals surface area (Å²) in [6, 6.07) is 11.4. The quantitative estimate of drug-likeness (QED) is 0.322. The summed E-state index contributed by atoms with van der Waals surface area (Å²) in [6.07, 6.45) is 0. The number of thiophene rings is 2. The molecule has 0 spiro atoms. The van der Waals surface area contributed by atoms with Gasteiger partial charge in [-0.1, -0.05) is 30.0 Å². The van der Waals surface area contributed by atoms with Crippen LogP contribution in [0.4, 0.5) is 4.39 Å². The van der Waals surface area contributed by atoms with E-state index < -0.39 is 0 Å². The molecule has 4 rings (SSSR count). The molecule has 4 aromatic rings. The largest absolute Gasteiger partial charge is 0.344 e. The highest BCUT2D eigenvalue weighted by molar-refractivity contribution is 7.99. The van der Waals surface area contributed by atoms with Gasteiger partial charge in [0.25, 0.3) is 5.56 Å². The van der Waals surface area contributed by atoms with Crippen molar-refractivity contribution in [3.8, 4) is 0 Å². The molecule has 3 aromatic heterocycles. The molecule has 0 aliphatic carbocycles. The molecule has 9 heteroatoms. The SMILES string of the molecule is CCn1c(SCC(=O)NC(c2ccc(F)cc2)c2cccs2)nc2ccsc2c1=O. The van der Waals surface area contributed by atoms with Gasteiger partial charge in [0.2, 0.25) is 5.91 Å². The zero-order valence-electron chi connectivity index (χ0n) is 16.0. The van der Waals surface area contributed by atoms with Crippen LogP contribution in [0.5, 0.6) is 0 Å². The van der Waals surface area contributed by atoms with Crippen LogP contribution in [0.1, 0.15) is 23.4 Å². The van der Waals surface area contributed by atoms with E-state index >= 15 is 0 Å². The van der Waals surface area contributed by atoms with E-state index in [2.05, 4.69) is 10.3 Å². The number of hydrogen-bond acceptors (Lipinski definition) is 6. The average Bonchev–Trinajstić information content (AvgIpc) is 3.43. The Bertz CT molecular complexity index is 1220. The summed E-state index contributed by atoms with van der Waals surface area (Å²) >= 11 is 4.13. The number of nitrogens with one attached hydrogen (secondary N) is 1. The summed E-state index contributed by atoms with van der Waals surface area (Å²) in [5, 5.41) is 7.33. The third kappa shape index (κ3) is 4.33. The minimum Gasteiger partial charge on any atom is -0.344 e. The van der Waals surface area contributed by atoms with Gasteiger partial charge in [-0.2, -0.15) is 0 Å². The van der Waals surface area contributed by atoms with E-state index in [-0.39, 0.29) is 29.1 Å². The number of nitrogens with zero attached hydrogens (tertiary/aromatic N) is 2. The smallest absolute Gasteiger partial charge is 0.272 e. The average molecular weight is 460 g/mol. The van der Waals surface area contributed by atoms with E-state index in [0.717, 1.165) is 10.4 Å². The molecule has 0 radical (unpaired) electrons. The number of halogens is 1. The minimum atomic E-state index is -0.362. The van der Waals surface area contributed by atoms with Crippen molar-refractivity contribution >= 4 is 50.6 Å². The Kier molecular flexibility index (Phi) is 6.31. The molecule has 5 nitrogen and oxygen atoms in total. The van der Waals surface area contributed by atoms with Gasteiger partial charge in [-0.05, 0) is 47.5 Å². The van der Waals surface area contributed by atoms with Gasteiger partial charge in [0, 0.05) is 11.4 Å². The van der Waals surface area contributed by atoms with Gasteiger partial charge in [-0.3, -0.25) is 14.2 Å². The van der Waals surface area contributed by atoms with Crippen molar-refractivity contribution in [2.75, 3.05) is 5.75 Å². The Hall–Kier alpha value is -2.49. The van der Waals surface area contributed by atoms with Crippen LogP contribution in [-0.4, -0.2) is 21.2 Å². The number of fused-ring (bicyclic) bond motifs is 1. The van der Waals surface area contributed by atoms with Crippen molar-refractivity contribution in [2.45, 2.75) is 24.7 Å². The number of hydrogen-bond donors (Lipinski definition) is 1. The highest BCUT2D eigenvalue weighted by Gasteiger charge is 2.19. The van der Waals surface area contributed by atoms with E-state index in [9.17, 15) is 14.0 Å². The lowest BCUT2D eigenvalue weighted by molar-refractivity contribution is -0.119. The normalized spacial score (nSPS) is 12.2. The molecular formula is C21H18FN3O2S3. The maximum atomic E-state index is 13.3. The fourth-order valence-corrected chi connectivity index (χ4v) is 5.53. The predicted molar refractivity (Wildman–Crippen MR) is 121 cm³/mol. The van der Waals surface area contributed by atoms with Crippen molar-refractivity contribution in [3.63, 3.8) is 0 Å². The third-order valence-corrected chi connectivity index (χ3v) is 7.32. The molecule has 1 atom stereocenters. The third-order valence-electron chi connectivity index (χ3n) is 4.52. The van der Waals surface area contributed by atoms with Crippen molar-refractivity contribution in [2.24, 2.45) is 0 Å². The van der Waals surface area contributed by atoms with Crippen molar-refractivity contribution in [1.82, 2.24) is 14.9 Å². The van der Waals surface area contributed by atoms with Crippen molar-refractivity contribution < 1.29 is 9.18 Å². The highest BCUT2D eigenvalue weighted by Crippen LogP contribution is 2.27. The highest BCUT2D eigenvalue weighted by atomic mass is 32.2. The Labute approximate surface area is 184 Å². The van der Waals surface area contributed by atoms with E-state index in [4.69, 9.17) is 0 Å². The van der Waals surface area contributed by atoms with Gasteiger partial charge in [-0.15, -0.1) is 22.7 Å². The molecular weight excluding hydrogens is 441 g/mol. The number of rotatable bonds is 7. The first-order valence-corrected chi connectivity index (χ1v) is 12.0. The monoisotopic (exact) mass is 459 g/mol. The lowest BCUT2D eigenvalue weighted by Crippen LogP contribution is -2.30. The number of aromatic nitrogens is 2. The fraction of sp³-hybridized carbons (Fsp3) is 0.190. The van der Waals surface area contributed by atoms with E-state index in [1.165, 1.54) is 46.6 Å². The summed E-state index contributed by atoms with van der Waals surface area (Å²) in [5.74, 6) is -0.395. The van der Waals surface area contributed by atoms with Crippen molar-refractivity contribution in [3.05, 3.63) is 79.8 Å². The van der Waals surface area contributed by atoms with Crippen LogP contribution in [0.25, 0.3) is 10.2 Å². The van der Waals surface area contributed by atoms with Crippen LogP contribution in [0, 0.1) is 5.82 Å². The van der Waals surface area contributed by atoms with Crippen LogP contribution in [0.15, 0.2) is 63.2 Å². The predicted octanol–water partition coefficient (Wildman–Crippen LogP) is 4.68. The Morgan fingerprint density at radius 3 is 2.70 bits per heavy atom. The Morgan fingerprint density at radius 2 is 2.00 bits per heavy atom. The summed E-state index contributed by atoms with van der Waals surface area (Å²) in [6.45, 7) is 2.37. The number of carbonyl (C=O) groups excluding carboxylic acids is 1. The standard InChI is InChI=1S/C21H18FN3O2S3/c1-2-25-20(27)19-15(9-11-29-19)23-21(25)30-12-17(26)24-18(16-4-3-10-28-16)13-5-7-14(22)8-6-13/h3-11,18H,2,12H2,1H3,(H,24,26). The summed E-state index contributed by atoms with van der Waals surface area (Å²) < 4.78 is 15.5. The molecule has 3 heterocycles. The van der Waals surface area contributed by atoms with Crippen molar-refractivity contribution in [1.29, 1.82) is 0 Å². The zero-order chi connectivity index (χ0) is 21.1. The molecule has 0 saturated heterocycles. The molecule has 0 aliphatic heterocycles. The zero-order valence-corrected chi connectivity index (χ0v) is 18.5. The van der Waals surface area contributed by atoms with E-state index in [1.54, 1.807) is 16.7 Å². The van der Waals surface area contributed by atoms with Crippen LogP contribution >= 0.6 is 34.4 Å². The molecule has 0 bridgehead atoms. The van der Waals surface area contributed by atoms with Crippen LogP contribution in [-0.2, 0) is 11.3 Å². The molecule has 1 unspecified atom stereocenters. The molecule has 0 aliphatic rings. The Morgan fingerprint density at radius 1 is 1.20 bits per heavy atom. The second-order valence-corrected chi connectivity index (χ2v) is 9.27. The maximum Gasteiger partial charge on any atom is 0.272 e. The second-order valence-electron chi connectivity index (χ2n) is 6.43. The van der Waals surface area contributed by atoms with E-state index in [1.807, 2.05) is 35.9 Å². The molecule has 1 N–H and O–H groups in total. The van der Waals surface area contributed by atoms with E-state index in [0.29, 0.717) is 21.9 Å². The summed E-state index contributed by atoms with van der Waals surface area (Å²) in [5.41, 5.74) is 1.38. The topological polar surface area (TPSA) is 64.0 Å². The van der Waals surface area contributed by atoms with Crippen LogP contribution in [0.2, 0.25) is 0 Å². The Balaban J connectivity index is 1.53. The number of thioether (sulfide) groups is 1. The number of amides is 1. The van der Waals surface area contributed by atoms with Gasteiger partial charge < -0.3 is 5.32 Å². The van der Waals surface area contributed by atoms with Gasteiger partial charge in [0.05, 0.1) is 17.3 Å². The lowest BCUT2D eigenvalue weighted by atomic mass is 10.1.